The molecule has 1 aliphatic carbocycles. The molecule has 1 heterocycles. The Bertz CT molecular complexity index is 268. The van der Waals surface area contributed by atoms with Crippen LogP contribution in [0.1, 0.15) is 52.4 Å². The van der Waals surface area contributed by atoms with Crippen molar-refractivity contribution in [3.05, 3.63) is 0 Å². The molecule has 2 N–H and O–H groups in total. The van der Waals surface area contributed by atoms with Crippen LogP contribution in [0.3, 0.4) is 0 Å². The number of carbonyl (C=O) groups excluding carboxylic acids is 1. The Labute approximate surface area is 98.4 Å². The minimum Gasteiger partial charge on any atom is -0.338 e. The summed E-state index contributed by atoms with van der Waals surface area (Å²) in [5.74, 6) is 0.887. The molecule has 1 aliphatic heterocycles. The Morgan fingerprint density at radius 3 is 2.50 bits per heavy atom. The molecule has 0 aromatic rings. The maximum Gasteiger partial charge on any atom is 0.242 e. The molecule has 2 aliphatic rings. The van der Waals surface area contributed by atoms with Gasteiger partial charge in [0.25, 0.3) is 0 Å². The van der Waals surface area contributed by atoms with E-state index in [2.05, 4.69) is 4.90 Å². The van der Waals surface area contributed by atoms with Gasteiger partial charge in [0, 0.05) is 12.6 Å². The summed E-state index contributed by atoms with van der Waals surface area (Å²) in [6.07, 6.45) is 7.57. The van der Waals surface area contributed by atoms with Gasteiger partial charge < -0.3 is 10.6 Å². The molecule has 0 aromatic heterocycles. The third-order valence-electron chi connectivity index (χ3n) is 4.06. The molecule has 0 aromatic carbocycles. The summed E-state index contributed by atoms with van der Waals surface area (Å²) in [6.45, 7) is 4.56. The van der Waals surface area contributed by atoms with Crippen LogP contribution in [0.25, 0.3) is 0 Å². The fraction of sp³-hybridized carbons (Fsp3) is 0.923. The number of hydrogen-bond acceptors (Lipinski definition) is 2. The van der Waals surface area contributed by atoms with Crippen molar-refractivity contribution in [2.75, 3.05) is 6.54 Å². The van der Waals surface area contributed by atoms with E-state index in [4.69, 9.17) is 5.73 Å². The van der Waals surface area contributed by atoms with E-state index in [1.54, 1.807) is 0 Å². The van der Waals surface area contributed by atoms with Gasteiger partial charge in [-0.15, -0.1) is 0 Å². The summed E-state index contributed by atoms with van der Waals surface area (Å²) in [5.41, 5.74) is 5.23. The number of hydrogen-bond donors (Lipinski definition) is 1. The molecular formula is C13H24N2O. The van der Waals surface area contributed by atoms with Crippen molar-refractivity contribution in [2.45, 2.75) is 64.0 Å². The fourth-order valence-electron chi connectivity index (χ4n) is 3.25. The van der Waals surface area contributed by atoms with Gasteiger partial charge in [-0.1, -0.05) is 12.8 Å². The zero-order valence-corrected chi connectivity index (χ0v) is 10.5. The van der Waals surface area contributed by atoms with E-state index in [0.29, 0.717) is 6.04 Å². The van der Waals surface area contributed by atoms with Gasteiger partial charge in [-0.05, 0) is 45.4 Å². The minimum absolute atomic E-state index is 0.143. The first kappa shape index (κ1) is 11.9. The van der Waals surface area contributed by atoms with Crippen molar-refractivity contribution in [1.82, 2.24) is 4.90 Å². The monoisotopic (exact) mass is 224 g/mol. The Morgan fingerprint density at radius 2 is 1.81 bits per heavy atom. The first-order chi connectivity index (χ1) is 7.50. The second-order valence-electron chi connectivity index (χ2n) is 5.97. The molecule has 2 rings (SSSR count). The van der Waals surface area contributed by atoms with Crippen LogP contribution in [0.2, 0.25) is 0 Å². The molecule has 1 amide bonds. The van der Waals surface area contributed by atoms with E-state index in [-0.39, 0.29) is 5.91 Å². The highest BCUT2D eigenvalue weighted by Gasteiger charge is 2.39. The van der Waals surface area contributed by atoms with E-state index in [9.17, 15) is 4.79 Å². The molecule has 1 saturated carbocycles. The number of carbonyl (C=O) groups is 1. The molecule has 0 bridgehead atoms. The van der Waals surface area contributed by atoms with Crippen LogP contribution < -0.4 is 5.73 Å². The van der Waals surface area contributed by atoms with E-state index >= 15 is 0 Å². The van der Waals surface area contributed by atoms with Crippen LogP contribution >= 0.6 is 0 Å². The van der Waals surface area contributed by atoms with E-state index in [0.717, 1.165) is 18.9 Å². The van der Waals surface area contributed by atoms with Gasteiger partial charge in [0.2, 0.25) is 5.91 Å². The lowest BCUT2D eigenvalue weighted by Gasteiger charge is -2.46. The second kappa shape index (κ2) is 4.36. The molecule has 0 unspecified atom stereocenters. The van der Waals surface area contributed by atoms with E-state index < -0.39 is 5.54 Å². The Morgan fingerprint density at radius 1 is 1.19 bits per heavy atom. The topological polar surface area (TPSA) is 46.3 Å². The summed E-state index contributed by atoms with van der Waals surface area (Å²) < 4.78 is 0. The summed E-state index contributed by atoms with van der Waals surface area (Å²) in [6, 6.07) is 0.484. The number of amides is 1. The quantitative estimate of drug-likeness (QED) is 0.739. The number of fused-ring (bicyclic) bond motifs is 1. The number of nitrogens with zero attached hydrogens (tertiary/aromatic N) is 1. The molecule has 3 heteroatoms. The number of rotatable bonds is 1. The highest BCUT2D eigenvalue weighted by Crippen LogP contribution is 2.35. The number of likely N-dealkylation sites (tertiary alicyclic amines) is 1. The molecule has 92 valence electrons. The summed E-state index contributed by atoms with van der Waals surface area (Å²) >= 11 is 0. The molecular weight excluding hydrogens is 200 g/mol. The maximum absolute atomic E-state index is 12.3. The SMILES string of the molecule is CC(C)(N)C(=O)N1CCC[C@H]2CCCC[C@H]21. The van der Waals surface area contributed by atoms with Gasteiger partial charge >= 0.3 is 0 Å². The average Bonchev–Trinajstić information content (AvgIpc) is 2.26. The lowest BCUT2D eigenvalue weighted by molar-refractivity contribution is -0.142. The van der Waals surface area contributed by atoms with Gasteiger partial charge in [-0.2, -0.15) is 0 Å². The molecule has 3 nitrogen and oxygen atoms in total. The first-order valence-electron chi connectivity index (χ1n) is 6.60. The van der Waals surface area contributed by atoms with Crippen molar-refractivity contribution >= 4 is 5.91 Å². The van der Waals surface area contributed by atoms with Crippen molar-refractivity contribution in [2.24, 2.45) is 11.7 Å². The van der Waals surface area contributed by atoms with Crippen LogP contribution in [0.15, 0.2) is 0 Å². The highest BCUT2D eigenvalue weighted by atomic mass is 16.2. The summed E-state index contributed by atoms with van der Waals surface area (Å²) in [7, 11) is 0. The number of piperidine rings is 1. The Hall–Kier alpha value is -0.570. The van der Waals surface area contributed by atoms with Crippen LogP contribution in [-0.2, 0) is 4.79 Å². The molecule has 16 heavy (non-hydrogen) atoms. The van der Waals surface area contributed by atoms with Gasteiger partial charge in [-0.25, -0.2) is 0 Å². The third kappa shape index (κ3) is 2.24. The summed E-state index contributed by atoms with van der Waals surface area (Å²) in [4.78, 5) is 14.4. The zero-order valence-electron chi connectivity index (χ0n) is 10.5. The standard InChI is InChI=1S/C13H24N2O/c1-13(2,14)12(16)15-9-5-7-10-6-3-4-8-11(10)15/h10-11H,3-9,14H2,1-2H3/t10-,11-/m1/s1. The second-order valence-corrected chi connectivity index (χ2v) is 5.97. The van der Waals surface area contributed by atoms with Crippen LogP contribution in [-0.4, -0.2) is 28.9 Å². The zero-order chi connectivity index (χ0) is 11.8. The summed E-state index contributed by atoms with van der Waals surface area (Å²) in [5, 5.41) is 0. The van der Waals surface area contributed by atoms with Crippen LogP contribution in [0.4, 0.5) is 0 Å². The van der Waals surface area contributed by atoms with Crippen LogP contribution in [0, 0.1) is 5.92 Å². The van der Waals surface area contributed by atoms with Gasteiger partial charge in [-0.3, -0.25) is 4.79 Å². The predicted octanol–water partition coefficient (Wildman–Crippen LogP) is 1.90. The van der Waals surface area contributed by atoms with Gasteiger partial charge in [0.1, 0.15) is 0 Å². The molecule has 0 radical (unpaired) electrons. The predicted molar refractivity (Wildman–Crippen MR) is 65.0 cm³/mol. The Kier molecular flexibility index (Phi) is 3.24. The van der Waals surface area contributed by atoms with Crippen molar-refractivity contribution in [3.63, 3.8) is 0 Å². The minimum atomic E-state index is -0.709. The van der Waals surface area contributed by atoms with Gasteiger partial charge in [0.15, 0.2) is 0 Å². The van der Waals surface area contributed by atoms with E-state index in [1.807, 2.05) is 13.8 Å². The lowest BCUT2D eigenvalue weighted by atomic mass is 9.78. The van der Waals surface area contributed by atoms with E-state index in [1.165, 1.54) is 32.1 Å². The van der Waals surface area contributed by atoms with Gasteiger partial charge in [0.05, 0.1) is 5.54 Å². The molecule has 1 saturated heterocycles. The van der Waals surface area contributed by atoms with Crippen molar-refractivity contribution < 1.29 is 4.79 Å². The number of nitrogens with two attached hydrogens (primary N) is 1. The molecule has 2 atom stereocenters. The smallest absolute Gasteiger partial charge is 0.242 e. The van der Waals surface area contributed by atoms with Crippen LogP contribution in [0.5, 0.6) is 0 Å². The normalized spacial score (nSPS) is 31.1. The molecule has 2 fully saturated rings. The third-order valence-corrected chi connectivity index (χ3v) is 4.06. The molecule has 0 spiro atoms. The maximum atomic E-state index is 12.3. The lowest BCUT2D eigenvalue weighted by Crippen LogP contribution is -2.58. The van der Waals surface area contributed by atoms with Crippen molar-refractivity contribution in [3.8, 4) is 0 Å². The highest BCUT2D eigenvalue weighted by molar-refractivity contribution is 5.85. The largest absolute Gasteiger partial charge is 0.338 e. The first-order valence-corrected chi connectivity index (χ1v) is 6.60. The fourth-order valence-corrected chi connectivity index (χ4v) is 3.25. The van der Waals surface area contributed by atoms with Crippen molar-refractivity contribution in [1.29, 1.82) is 0 Å². The Balaban J connectivity index is 2.11. The average molecular weight is 224 g/mol.